The van der Waals surface area contributed by atoms with Crippen molar-refractivity contribution >= 4 is 0 Å². The van der Waals surface area contributed by atoms with E-state index in [9.17, 15) is 0 Å². The minimum Gasteiger partial charge on any atom is -0.652 e. The number of piperidine rings is 2. The summed E-state index contributed by atoms with van der Waals surface area (Å²) >= 11 is 0. The van der Waals surface area contributed by atoms with Gasteiger partial charge in [-0.3, -0.25) is 0 Å². The molecular formula is C20H40N4Y2-2. The Morgan fingerprint density at radius 1 is 0.577 bits per heavy atom. The first kappa shape index (κ1) is 28.0. The maximum Gasteiger partial charge on any atom is 0.00794 e. The van der Waals surface area contributed by atoms with Gasteiger partial charge < -0.3 is 21.3 Å². The van der Waals surface area contributed by atoms with Crippen LogP contribution in [-0.4, -0.2) is 47.3 Å². The van der Waals surface area contributed by atoms with Gasteiger partial charge >= 0.3 is 0 Å². The topological polar surface area (TPSA) is 52.3 Å². The van der Waals surface area contributed by atoms with Crippen LogP contribution in [-0.2, 0) is 65.4 Å². The molecule has 0 aliphatic carbocycles. The third-order valence-electron chi connectivity index (χ3n) is 5.19. The Labute approximate surface area is 213 Å². The number of nitrogens with zero attached hydrogens (tertiary/aromatic N) is 2. The normalized spacial score (nSPS) is 27.2. The third-order valence-corrected chi connectivity index (χ3v) is 5.19. The van der Waals surface area contributed by atoms with Crippen molar-refractivity contribution < 1.29 is 65.4 Å². The molecule has 2 saturated heterocycles. The van der Waals surface area contributed by atoms with Crippen molar-refractivity contribution in [3.05, 3.63) is 10.6 Å². The van der Waals surface area contributed by atoms with Crippen molar-refractivity contribution in [1.82, 2.24) is 10.6 Å². The van der Waals surface area contributed by atoms with Crippen LogP contribution in [0.3, 0.4) is 0 Å². The van der Waals surface area contributed by atoms with Crippen LogP contribution in [0.25, 0.3) is 10.6 Å². The molecule has 0 atom stereocenters. The number of rotatable bonds is 5. The summed E-state index contributed by atoms with van der Waals surface area (Å²) in [6, 6.07) is 1.15. The molecule has 0 aromatic rings. The standard InChI is InChI=1S/C20H40N4.2Y/c1-17(2)11-15(12-18(3,4)23-17)21-9-10-22-16-13-19(5,6)24-20(7,8)14-16;;/h15-16,21-22H,9-14H2,1-8H3;;/q-2;;. The number of hydrogen-bond donors (Lipinski definition) is 2. The second-order valence-corrected chi connectivity index (χ2v) is 10.6. The Kier molecular flexibility index (Phi) is 11.2. The van der Waals surface area contributed by atoms with Crippen LogP contribution >= 0.6 is 0 Å². The molecule has 0 aromatic carbocycles. The van der Waals surface area contributed by atoms with Crippen LogP contribution < -0.4 is 10.6 Å². The average molecular weight is 514 g/mol. The summed E-state index contributed by atoms with van der Waals surface area (Å²) in [6.07, 6.45) is 4.55. The van der Waals surface area contributed by atoms with Crippen LogP contribution in [0.15, 0.2) is 0 Å². The SMILES string of the molecule is CC1(C)CC(NCCNC2CC(C)(C)[N-]C(C)(C)C2)CC(C)(C)[N-]1.[Y].[Y]. The molecule has 6 heteroatoms. The van der Waals surface area contributed by atoms with E-state index in [2.05, 4.69) is 66.0 Å². The largest absolute Gasteiger partial charge is 0.652 e. The number of hydrogen-bond acceptors (Lipinski definition) is 2. The monoisotopic (exact) mass is 514 g/mol. The van der Waals surface area contributed by atoms with Crippen molar-refractivity contribution in [3.63, 3.8) is 0 Å². The molecule has 0 saturated carbocycles. The second kappa shape index (κ2) is 10.4. The van der Waals surface area contributed by atoms with E-state index >= 15 is 0 Å². The molecule has 0 unspecified atom stereocenters. The molecule has 2 aliphatic heterocycles. The first-order valence-electron chi connectivity index (χ1n) is 9.73. The molecule has 0 amide bonds. The second-order valence-electron chi connectivity index (χ2n) is 10.6. The summed E-state index contributed by atoms with van der Waals surface area (Å²) in [4.78, 5) is 0. The van der Waals surface area contributed by atoms with Crippen LogP contribution in [0, 0.1) is 0 Å². The molecule has 0 bridgehead atoms. The molecule has 2 aliphatic rings. The molecular weight excluding hydrogens is 474 g/mol. The molecule has 2 heterocycles. The molecule has 2 radical (unpaired) electrons. The van der Waals surface area contributed by atoms with E-state index in [0.29, 0.717) is 12.1 Å². The fourth-order valence-corrected chi connectivity index (χ4v) is 5.22. The van der Waals surface area contributed by atoms with E-state index in [1.807, 2.05) is 0 Å². The quantitative estimate of drug-likeness (QED) is 0.537. The maximum absolute atomic E-state index is 4.96. The van der Waals surface area contributed by atoms with E-state index in [1.165, 1.54) is 0 Å². The first-order chi connectivity index (χ1) is 10.8. The zero-order valence-electron chi connectivity index (χ0n) is 18.4. The molecule has 148 valence electrons. The zero-order valence-corrected chi connectivity index (χ0v) is 24.1. The zero-order chi connectivity index (χ0) is 18.2. The molecule has 26 heavy (non-hydrogen) atoms. The van der Waals surface area contributed by atoms with E-state index in [-0.39, 0.29) is 87.6 Å². The smallest absolute Gasteiger partial charge is 0.00794 e. The van der Waals surface area contributed by atoms with E-state index < -0.39 is 0 Å². The minimum atomic E-state index is 0. The average Bonchev–Trinajstić information content (AvgIpc) is 2.26. The van der Waals surface area contributed by atoms with Gasteiger partial charge in [0.15, 0.2) is 0 Å². The predicted molar refractivity (Wildman–Crippen MR) is 105 cm³/mol. The van der Waals surface area contributed by atoms with Gasteiger partial charge in [0, 0.05) is 90.6 Å². The summed E-state index contributed by atoms with van der Waals surface area (Å²) in [6.45, 7) is 20.1. The van der Waals surface area contributed by atoms with Gasteiger partial charge in [-0.2, -0.15) is 0 Å². The third kappa shape index (κ3) is 9.70. The number of nitrogens with one attached hydrogen (secondary N) is 2. The molecule has 0 aromatic heterocycles. The molecule has 2 rings (SSSR count). The van der Waals surface area contributed by atoms with Gasteiger partial charge in [-0.25, -0.2) is 0 Å². The van der Waals surface area contributed by atoms with Crippen molar-refractivity contribution in [1.29, 1.82) is 0 Å². The predicted octanol–water partition coefficient (Wildman–Crippen LogP) is 4.35. The van der Waals surface area contributed by atoms with Crippen molar-refractivity contribution in [2.75, 3.05) is 13.1 Å². The summed E-state index contributed by atoms with van der Waals surface area (Å²) in [5.41, 5.74) is 0.356. The molecule has 0 spiro atoms. The Hall–Kier alpha value is 2.05. The van der Waals surface area contributed by atoms with Crippen molar-refractivity contribution in [2.45, 2.75) is 115 Å². The van der Waals surface area contributed by atoms with Crippen LogP contribution in [0.2, 0.25) is 0 Å². The molecule has 4 nitrogen and oxygen atoms in total. The Morgan fingerprint density at radius 2 is 0.808 bits per heavy atom. The van der Waals surface area contributed by atoms with Gasteiger partial charge in [0.1, 0.15) is 0 Å². The van der Waals surface area contributed by atoms with Crippen LogP contribution in [0.4, 0.5) is 0 Å². The van der Waals surface area contributed by atoms with Gasteiger partial charge in [-0.1, -0.05) is 81.1 Å². The summed E-state index contributed by atoms with van der Waals surface area (Å²) in [5, 5.41) is 17.5. The van der Waals surface area contributed by atoms with Gasteiger partial charge in [0.2, 0.25) is 0 Å². The fraction of sp³-hybridized carbons (Fsp3) is 1.00. The Morgan fingerprint density at radius 3 is 1.04 bits per heavy atom. The summed E-state index contributed by atoms with van der Waals surface area (Å²) < 4.78 is 0. The van der Waals surface area contributed by atoms with Gasteiger partial charge in [0.25, 0.3) is 0 Å². The van der Waals surface area contributed by atoms with Crippen LogP contribution in [0.5, 0.6) is 0 Å². The summed E-state index contributed by atoms with van der Waals surface area (Å²) in [7, 11) is 0. The Bertz CT molecular complexity index is 364. The van der Waals surface area contributed by atoms with E-state index in [1.54, 1.807) is 0 Å². The van der Waals surface area contributed by atoms with E-state index in [0.717, 1.165) is 38.8 Å². The van der Waals surface area contributed by atoms with Gasteiger partial charge in [0.05, 0.1) is 0 Å². The van der Waals surface area contributed by atoms with Gasteiger partial charge in [-0.05, 0) is 0 Å². The fourth-order valence-electron chi connectivity index (χ4n) is 5.22. The Balaban J connectivity index is 0.00000312. The summed E-state index contributed by atoms with van der Waals surface area (Å²) in [5.74, 6) is 0. The van der Waals surface area contributed by atoms with Crippen LogP contribution in [0.1, 0.15) is 81.1 Å². The minimum absolute atomic E-state index is 0. The van der Waals surface area contributed by atoms with E-state index in [4.69, 9.17) is 10.6 Å². The van der Waals surface area contributed by atoms with Crippen molar-refractivity contribution in [3.8, 4) is 0 Å². The first-order valence-corrected chi connectivity index (χ1v) is 9.73. The molecule has 2 N–H and O–H groups in total. The van der Waals surface area contributed by atoms with Gasteiger partial charge in [-0.15, -0.1) is 22.2 Å². The molecule has 2 fully saturated rings. The van der Waals surface area contributed by atoms with Crippen molar-refractivity contribution in [2.24, 2.45) is 0 Å². The maximum atomic E-state index is 4.96.